The predicted octanol–water partition coefficient (Wildman–Crippen LogP) is 8.74. The van der Waals surface area contributed by atoms with E-state index in [0.717, 1.165) is 95.4 Å². The highest BCUT2D eigenvalue weighted by Crippen LogP contribution is 2.25. The number of aryl methyl sites for hydroxylation is 2. The number of fused-ring (bicyclic) bond motifs is 2. The maximum atomic E-state index is 13.3. The molecule has 0 saturated heterocycles. The molecule has 0 radical (unpaired) electrons. The number of carbonyl (C=O) groups is 2. The number of nitrogens with zero attached hydrogens (tertiary/aromatic N) is 7. The Labute approximate surface area is 355 Å². The summed E-state index contributed by atoms with van der Waals surface area (Å²) in [6.07, 6.45) is 3.25. The number of rotatable bonds is 22. The van der Waals surface area contributed by atoms with Gasteiger partial charge in [-0.25, -0.2) is 9.97 Å². The quantitative estimate of drug-likeness (QED) is 0.0677. The zero-order chi connectivity index (χ0) is 42.6. The van der Waals surface area contributed by atoms with Crippen LogP contribution in [0.1, 0.15) is 97.9 Å². The van der Waals surface area contributed by atoms with Crippen LogP contribution in [0.2, 0.25) is 0 Å². The second kappa shape index (κ2) is 21.0. The van der Waals surface area contributed by atoms with Crippen LogP contribution in [-0.2, 0) is 25.9 Å². The summed E-state index contributed by atoms with van der Waals surface area (Å²) in [5.74, 6) is 3.76. The van der Waals surface area contributed by atoms with E-state index in [9.17, 15) is 9.59 Å². The van der Waals surface area contributed by atoms with Crippen LogP contribution in [0.5, 0.6) is 11.5 Å². The van der Waals surface area contributed by atoms with Gasteiger partial charge < -0.3 is 33.3 Å². The third-order valence-corrected chi connectivity index (χ3v) is 11.3. The van der Waals surface area contributed by atoms with E-state index in [1.807, 2.05) is 99.9 Å². The van der Waals surface area contributed by atoms with Gasteiger partial charge in [0.15, 0.2) is 0 Å². The van der Waals surface area contributed by atoms with Gasteiger partial charge in [-0.15, -0.1) is 0 Å². The number of imidazole rings is 2. The molecule has 0 bridgehead atoms. The lowest BCUT2D eigenvalue weighted by atomic mass is 10.1. The average molecular weight is 814 g/mol. The molecular weight excluding hydrogens is 751 g/mol. The molecule has 0 saturated carbocycles. The number of ether oxygens (including phenoxy) is 2. The summed E-state index contributed by atoms with van der Waals surface area (Å²) in [6.45, 7) is 19.4. The van der Waals surface area contributed by atoms with Gasteiger partial charge in [0.1, 0.15) is 23.1 Å². The predicted molar refractivity (Wildman–Crippen MR) is 242 cm³/mol. The highest BCUT2D eigenvalue weighted by Gasteiger charge is 2.19. The molecule has 0 unspecified atom stereocenters. The molecule has 11 heteroatoms. The highest BCUT2D eigenvalue weighted by molar-refractivity contribution is 5.98. The Kier molecular flexibility index (Phi) is 15.4. The first kappa shape index (κ1) is 43.9. The molecule has 0 N–H and O–H groups in total. The number of amides is 2. The average Bonchev–Trinajstić information content (AvgIpc) is 3.78. The van der Waals surface area contributed by atoms with E-state index in [0.29, 0.717) is 63.4 Å². The summed E-state index contributed by atoms with van der Waals surface area (Å²) in [4.78, 5) is 42.8. The molecule has 0 atom stereocenters. The molecule has 4 aromatic carbocycles. The molecule has 318 valence electrons. The largest absolute Gasteiger partial charge is 0.494 e. The van der Waals surface area contributed by atoms with Crippen molar-refractivity contribution in [1.82, 2.24) is 33.8 Å². The third kappa shape index (κ3) is 10.5. The second-order valence-electron chi connectivity index (χ2n) is 15.2. The number of hydrogen-bond acceptors (Lipinski definition) is 7. The lowest BCUT2D eigenvalue weighted by Crippen LogP contribution is -2.30. The van der Waals surface area contributed by atoms with E-state index in [4.69, 9.17) is 19.4 Å². The SMILES string of the molecule is CCOc1ccc(Cc2nc3cc(C(=O)N(CC)CC)ccc3n2CCCN(C)CCCn2c(Cc3ccc(OCC)cc3)nc3cc(C(=O)N(CC)CC)ccc32)cc1. The molecule has 0 aliphatic rings. The zero-order valence-electron chi connectivity index (χ0n) is 36.7. The fourth-order valence-corrected chi connectivity index (χ4v) is 8.00. The van der Waals surface area contributed by atoms with Gasteiger partial charge in [0.2, 0.25) is 0 Å². The maximum Gasteiger partial charge on any atom is 0.253 e. The molecule has 6 rings (SSSR count). The van der Waals surface area contributed by atoms with E-state index in [-0.39, 0.29) is 11.8 Å². The van der Waals surface area contributed by atoms with Crippen molar-refractivity contribution in [2.24, 2.45) is 0 Å². The molecule has 0 fully saturated rings. The van der Waals surface area contributed by atoms with Gasteiger partial charge in [0.05, 0.1) is 35.3 Å². The molecular formula is C49H63N7O4. The number of carbonyl (C=O) groups excluding carboxylic acids is 2. The number of aromatic nitrogens is 4. The van der Waals surface area contributed by atoms with Gasteiger partial charge in [0.25, 0.3) is 11.8 Å². The van der Waals surface area contributed by atoms with Crippen molar-refractivity contribution in [2.45, 2.75) is 80.3 Å². The summed E-state index contributed by atoms with van der Waals surface area (Å²) in [6, 6.07) is 28.4. The minimum atomic E-state index is 0.0354. The fourth-order valence-electron chi connectivity index (χ4n) is 8.00. The number of hydrogen-bond donors (Lipinski definition) is 0. The molecule has 2 heterocycles. The van der Waals surface area contributed by atoms with Gasteiger partial charge >= 0.3 is 0 Å². The van der Waals surface area contributed by atoms with E-state index in [1.54, 1.807) is 0 Å². The summed E-state index contributed by atoms with van der Waals surface area (Å²) >= 11 is 0. The molecule has 0 aliphatic heterocycles. The van der Waals surface area contributed by atoms with Crippen molar-refractivity contribution >= 4 is 33.9 Å². The Hall–Kier alpha value is -5.68. The number of benzene rings is 4. The Balaban J connectivity index is 1.16. The van der Waals surface area contributed by atoms with Gasteiger partial charge in [-0.3, -0.25) is 9.59 Å². The van der Waals surface area contributed by atoms with E-state index in [2.05, 4.69) is 57.5 Å². The van der Waals surface area contributed by atoms with Crippen LogP contribution in [-0.4, -0.2) is 105 Å². The Morgan fingerprint density at radius 1 is 0.550 bits per heavy atom. The van der Waals surface area contributed by atoms with Crippen LogP contribution in [0.3, 0.4) is 0 Å². The molecule has 2 amide bonds. The van der Waals surface area contributed by atoms with Crippen LogP contribution < -0.4 is 9.47 Å². The second-order valence-corrected chi connectivity index (χ2v) is 15.2. The summed E-state index contributed by atoms with van der Waals surface area (Å²) in [5, 5.41) is 0. The van der Waals surface area contributed by atoms with E-state index in [1.165, 1.54) is 0 Å². The third-order valence-electron chi connectivity index (χ3n) is 11.3. The molecule has 60 heavy (non-hydrogen) atoms. The Morgan fingerprint density at radius 3 is 1.28 bits per heavy atom. The molecule has 2 aromatic heterocycles. The van der Waals surface area contributed by atoms with Gasteiger partial charge in [-0.1, -0.05) is 24.3 Å². The van der Waals surface area contributed by atoms with Crippen molar-refractivity contribution in [3.8, 4) is 11.5 Å². The van der Waals surface area contributed by atoms with Crippen molar-refractivity contribution in [2.75, 3.05) is 59.5 Å². The van der Waals surface area contributed by atoms with Gasteiger partial charge in [0, 0.05) is 63.2 Å². The molecule has 0 spiro atoms. The Bertz CT molecular complexity index is 2160. The monoisotopic (exact) mass is 813 g/mol. The zero-order valence-corrected chi connectivity index (χ0v) is 36.7. The molecule has 11 nitrogen and oxygen atoms in total. The van der Waals surface area contributed by atoms with Crippen molar-refractivity contribution in [3.63, 3.8) is 0 Å². The van der Waals surface area contributed by atoms with Crippen molar-refractivity contribution in [1.29, 1.82) is 0 Å². The summed E-state index contributed by atoms with van der Waals surface area (Å²) in [5.41, 5.74) is 7.45. The summed E-state index contributed by atoms with van der Waals surface area (Å²) in [7, 11) is 2.19. The minimum absolute atomic E-state index is 0.0354. The Morgan fingerprint density at radius 2 is 0.933 bits per heavy atom. The lowest BCUT2D eigenvalue weighted by molar-refractivity contribution is 0.0765. The fraction of sp³-hybridized carbons (Fsp3) is 0.429. The van der Waals surface area contributed by atoms with Gasteiger partial charge in [-0.2, -0.15) is 0 Å². The van der Waals surface area contributed by atoms with Crippen molar-refractivity contribution < 1.29 is 19.1 Å². The van der Waals surface area contributed by atoms with Crippen molar-refractivity contribution in [3.05, 3.63) is 119 Å². The lowest BCUT2D eigenvalue weighted by Gasteiger charge is -2.19. The van der Waals surface area contributed by atoms with Crippen LogP contribution in [0.4, 0.5) is 0 Å². The standard InChI is InChI=1S/C49H63N7O4/c1-8-53(9-2)48(57)38-20-26-44-42(34-38)50-46(32-36-16-22-40(23-17-36)59-12-5)55(44)30-14-28-52(7)29-15-31-56-45-27-21-39(49(58)54(10-3)11-4)35-43(45)51-47(56)33-37-18-24-41(25-19-37)60-13-6/h16-27,34-35H,8-15,28-33H2,1-7H3. The minimum Gasteiger partial charge on any atom is -0.494 e. The maximum absolute atomic E-state index is 13.3. The first-order valence-electron chi connectivity index (χ1n) is 21.9. The van der Waals surface area contributed by atoms with Crippen LogP contribution in [0.25, 0.3) is 22.1 Å². The molecule has 6 aromatic rings. The summed E-state index contributed by atoms with van der Waals surface area (Å²) < 4.78 is 16.0. The van der Waals surface area contributed by atoms with E-state index >= 15 is 0 Å². The first-order valence-corrected chi connectivity index (χ1v) is 21.9. The van der Waals surface area contributed by atoms with Crippen LogP contribution >= 0.6 is 0 Å². The smallest absolute Gasteiger partial charge is 0.253 e. The van der Waals surface area contributed by atoms with Crippen LogP contribution in [0.15, 0.2) is 84.9 Å². The van der Waals surface area contributed by atoms with E-state index < -0.39 is 0 Å². The molecule has 0 aliphatic carbocycles. The highest BCUT2D eigenvalue weighted by atomic mass is 16.5. The normalized spacial score (nSPS) is 11.5. The first-order chi connectivity index (χ1) is 29.2. The topological polar surface area (TPSA) is 98.0 Å². The van der Waals surface area contributed by atoms with Gasteiger partial charge in [-0.05, 0) is 146 Å². The van der Waals surface area contributed by atoms with Crippen LogP contribution in [0, 0.1) is 0 Å².